The molecule has 3 nitrogen and oxygen atoms in total. The topological polar surface area (TPSA) is 46.5 Å². The maximum Gasteiger partial charge on any atom is 0.332 e. The summed E-state index contributed by atoms with van der Waals surface area (Å²) in [7, 11) is 0. The molecule has 0 aromatic heterocycles. The zero-order chi connectivity index (χ0) is 10.8. The molecule has 0 radical (unpaired) electrons. The highest BCUT2D eigenvalue weighted by Gasteiger charge is 2.15. The van der Waals surface area contributed by atoms with Crippen molar-refractivity contribution >= 4 is 5.97 Å². The van der Waals surface area contributed by atoms with E-state index >= 15 is 0 Å². The quantitative estimate of drug-likeness (QED) is 0.585. The number of unbranched alkanes of at least 4 members (excludes halogenated alkanes) is 4. The average Bonchev–Trinajstić information content (AvgIpc) is 2.15. The van der Waals surface area contributed by atoms with Crippen molar-refractivity contribution < 1.29 is 14.6 Å². The number of hydrogen-bond donors (Lipinski definition) is 1. The summed E-state index contributed by atoms with van der Waals surface area (Å²) in [4.78, 5) is 10.7. The molecule has 0 aliphatic rings. The highest BCUT2D eigenvalue weighted by atomic mass is 16.5. The first-order chi connectivity index (χ1) is 6.72. The second-order valence-corrected chi connectivity index (χ2v) is 3.49. The van der Waals surface area contributed by atoms with Crippen LogP contribution in [-0.2, 0) is 9.53 Å². The first kappa shape index (κ1) is 13.4. The molecule has 3 heteroatoms. The molecule has 1 atom stereocenters. The lowest BCUT2D eigenvalue weighted by atomic mass is 10.1. The molecule has 0 saturated carbocycles. The van der Waals surface area contributed by atoms with Crippen LogP contribution in [0.25, 0.3) is 0 Å². The molecule has 0 aromatic carbocycles. The first-order valence-corrected chi connectivity index (χ1v) is 5.56. The molecule has 0 aliphatic carbocycles. The Bertz CT molecular complexity index is 145. The van der Waals surface area contributed by atoms with Gasteiger partial charge in [-0.3, -0.25) is 0 Å². The molecule has 0 aromatic rings. The molecular weight excluding hydrogens is 180 g/mol. The van der Waals surface area contributed by atoms with Gasteiger partial charge in [0.25, 0.3) is 0 Å². The van der Waals surface area contributed by atoms with E-state index in [1.54, 1.807) is 0 Å². The Labute approximate surface area is 86.5 Å². The molecular formula is C11H22O3. The van der Waals surface area contributed by atoms with Gasteiger partial charge in [-0.25, -0.2) is 4.79 Å². The fraction of sp³-hybridized carbons (Fsp3) is 0.909. The SMILES string of the molecule is CCCCCCCC(OCC)C(=O)O. The largest absolute Gasteiger partial charge is 0.479 e. The summed E-state index contributed by atoms with van der Waals surface area (Å²) in [5, 5.41) is 8.78. The average molecular weight is 202 g/mol. The van der Waals surface area contributed by atoms with Gasteiger partial charge in [-0.15, -0.1) is 0 Å². The molecule has 0 amide bonds. The van der Waals surface area contributed by atoms with Gasteiger partial charge in [-0.05, 0) is 13.3 Å². The van der Waals surface area contributed by atoms with Crippen LogP contribution in [0.15, 0.2) is 0 Å². The van der Waals surface area contributed by atoms with Crippen LogP contribution in [0.5, 0.6) is 0 Å². The Balaban J connectivity index is 3.46. The van der Waals surface area contributed by atoms with Gasteiger partial charge in [0.2, 0.25) is 0 Å². The normalized spacial score (nSPS) is 12.7. The number of rotatable bonds is 9. The molecule has 0 heterocycles. The lowest BCUT2D eigenvalue weighted by Gasteiger charge is -2.11. The molecule has 1 unspecified atom stereocenters. The zero-order valence-electron chi connectivity index (χ0n) is 9.29. The standard InChI is InChI=1S/C11H22O3/c1-3-5-6-7-8-9-10(11(12)13)14-4-2/h10H,3-9H2,1-2H3,(H,12,13). The van der Waals surface area contributed by atoms with E-state index in [0.717, 1.165) is 12.8 Å². The molecule has 0 bridgehead atoms. The molecule has 14 heavy (non-hydrogen) atoms. The van der Waals surface area contributed by atoms with Gasteiger partial charge in [-0.2, -0.15) is 0 Å². The van der Waals surface area contributed by atoms with Crippen LogP contribution in [-0.4, -0.2) is 23.8 Å². The maximum absolute atomic E-state index is 10.7. The van der Waals surface area contributed by atoms with E-state index < -0.39 is 12.1 Å². The lowest BCUT2D eigenvalue weighted by molar-refractivity contribution is -0.150. The number of carboxylic acids is 1. The van der Waals surface area contributed by atoms with Crippen molar-refractivity contribution in [1.29, 1.82) is 0 Å². The monoisotopic (exact) mass is 202 g/mol. The third kappa shape index (κ3) is 6.89. The van der Waals surface area contributed by atoms with E-state index in [1.165, 1.54) is 19.3 Å². The Morgan fingerprint density at radius 1 is 1.21 bits per heavy atom. The van der Waals surface area contributed by atoms with Gasteiger partial charge in [-0.1, -0.05) is 39.0 Å². The molecule has 0 aliphatic heterocycles. The van der Waals surface area contributed by atoms with Gasteiger partial charge in [0, 0.05) is 6.61 Å². The molecule has 1 N–H and O–H groups in total. The minimum absolute atomic E-state index is 0.478. The fourth-order valence-corrected chi connectivity index (χ4v) is 1.41. The van der Waals surface area contributed by atoms with Crippen LogP contribution < -0.4 is 0 Å². The summed E-state index contributed by atoms with van der Waals surface area (Å²) in [6.45, 7) is 4.47. The van der Waals surface area contributed by atoms with Crippen LogP contribution >= 0.6 is 0 Å². The predicted molar refractivity (Wildman–Crippen MR) is 56.4 cm³/mol. The molecule has 0 saturated heterocycles. The van der Waals surface area contributed by atoms with E-state index in [9.17, 15) is 4.79 Å². The van der Waals surface area contributed by atoms with E-state index in [-0.39, 0.29) is 0 Å². The van der Waals surface area contributed by atoms with Crippen LogP contribution in [0.2, 0.25) is 0 Å². The third-order valence-corrected chi connectivity index (χ3v) is 2.21. The minimum atomic E-state index is -0.831. The maximum atomic E-state index is 10.7. The van der Waals surface area contributed by atoms with Crippen molar-refractivity contribution in [2.24, 2.45) is 0 Å². The Hall–Kier alpha value is -0.570. The number of hydrogen-bond acceptors (Lipinski definition) is 2. The number of ether oxygens (including phenoxy) is 1. The van der Waals surface area contributed by atoms with Crippen molar-refractivity contribution in [3.8, 4) is 0 Å². The second kappa shape index (κ2) is 9.00. The van der Waals surface area contributed by atoms with E-state index in [0.29, 0.717) is 13.0 Å². The smallest absolute Gasteiger partial charge is 0.332 e. The number of carboxylic acid groups (broad SMARTS) is 1. The van der Waals surface area contributed by atoms with E-state index in [2.05, 4.69) is 6.92 Å². The molecule has 0 rings (SSSR count). The van der Waals surface area contributed by atoms with Gasteiger partial charge in [0.05, 0.1) is 0 Å². The predicted octanol–water partition coefficient (Wildman–Crippen LogP) is 2.84. The highest BCUT2D eigenvalue weighted by Crippen LogP contribution is 2.09. The Morgan fingerprint density at radius 2 is 1.86 bits per heavy atom. The summed E-state index contributed by atoms with van der Waals surface area (Å²) < 4.78 is 5.11. The van der Waals surface area contributed by atoms with Crippen LogP contribution in [0, 0.1) is 0 Å². The Morgan fingerprint density at radius 3 is 2.36 bits per heavy atom. The van der Waals surface area contributed by atoms with Gasteiger partial charge in [0.1, 0.15) is 0 Å². The van der Waals surface area contributed by atoms with Gasteiger partial charge >= 0.3 is 5.97 Å². The number of aliphatic carboxylic acids is 1. The van der Waals surface area contributed by atoms with Crippen LogP contribution in [0.4, 0.5) is 0 Å². The minimum Gasteiger partial charge on any atom is -0.479 e. The first-order valence-electron chi connectivity index (χ1n) is 5.56. The van der Waals surface area contributed by atoms with E-state index in [1.807, 2.05) is 6.92 Å². The van der Waals surface area contributed by atoms with Gasteiger partial charge < -0.3 is 9.84 Å². The summed E-state index contributed by atoms with van der Waals surface area (Å²) in [5.74, 6) is -0.831. The fourth-order valence-electron chi connectivity index (χ4n) is 1.41. The summed E-state index contributed by atoms with van der Waals surface area (Å²) in [5.41, 5.74) is 0. The number of carbonyl (C=O) groups is 1. The highest BCUT2D eigenvalue weighted by molar-refractivity contribution is 5.72. The summed E-state index contributed by atoms with van der Waals surface area (Å²) >= 11 is 0. The zero-order valence-corrected chi connectivity index (χ0v) is 9.29. The molecule has 0 spiro atoms. The molecule has 0 fully saturated rings. The van der Waals surface area contributed by atoms with Crippen molar-refractivity contribution in [3.05, 3.63) is 0 Å². The van der Waals surface area contributed by atoms with Crippen LogP contribution in [0.3, 0.4) is 0 Å². The molecule has 84 valence electrons. The van der Waals surface area contributed by atoms with Crippen molar-refractivity contribution in [1.82, 2.24) is 0 Å². The summed E-state index contributed by atoms with van der Waals surface area (Å²) in [6.07, 6.45) is 5.78. The van der Waals surface area contributed by atoms with Crippen molar-refractivity contribution in [2.45, 2.75) is 58.5 Å². The van der Waals surface area contributed by atoms with Crippen LogP contribution in [0.1, 0.15) is 52.4 Å². The second-order valence-electron chi connectivity index (χ2n) is 3.49. The third-order valence-electron chi connectivity index (χ3n) is 2.21. The van der Waals surface area contributed by atoms with E-state index in [4.69, 9.17) is 9.84 Å². The van der Waals surface area contributed by atoms with Crippen molar-refractivity contribution in [2.75, 3.05) is 6.61 Å². The van der Waals surface area contributed by atoms with Crippen molar-refractivity contribution in [3.63, 3.8) is 0 Å². The van der Waals surface area contributed by atoms with Gasteiger partial charge in [0.15, 0.2) is 6.10 Å². The summed E-state index contributed by atoms with van der Waals surface area (Å²) in [6, 6.07) is 0. The lowest BCUT2D eigenvalue weighted by Crippen LogP contribution is -2.23. The Kier molecular flexibility index (Phi) is 8.64.